The minimum atomic E-state index is -0.188. The van der Waals surface area contributed by atoms with Crippen LogP contribution in [0, 0.1) is 0 Å². The van der Waals surface area contributed by atoms with Crippen molar-refractivity contribution in [2.75, 3.05) is 5.32 Å². The smallest absolute Gasteiger partial charge is 0.0741 e. The van der Waals surface area contributed by atoms with E-state index in [1.165, 1.54) is 12.0 Å². The fraction of sp³-hybridized carbons (Fsp3) is 0.600. The Morgan fingerprint density at radius 1 is 1.24 bits per heavy atom. The van der Waals surface area contributed by atoms with Gasteiger partial charge in [0, 0.05) is 5.69 Å². The lowest BCUT2D eigenvalue weighted by atomic mass is 9.92. The Morgan fingerprint density at radius 3 is 2.71 bits per heavy atom. The standard InChI is InChI=1S/C15H23NO/c1-11(2)12-6-5-7-13(10-12)16-14-8-3-4-9-15(14)17/h5-7,10-11,14-17H,3-4,8-9H2,1-2H3. The number of hydrogen-bond donors (Lipinski definition) is 2. The molecular formula is C15H23NO. The monoisotopic (exact) mass is 233 g/mol. The van der Waals surface area contributed by atoms with E-state index in [0.29, 0.717) is 5.92 Å². The molecule has 2 unspecified atom stereocenters. The number of nitrogens with one attached hydrogen (secondary N) is 1. The minimum absolute atomic E-state index is 0.188. The third-order valence-corrected chi connectivity index (χ3v) is 3.63. The first-order valence-electron chi connectivity index (χ1n) is 6.71. The van der Waals surface area contributed by atoms with Crippen LogP contribution in [0.5, 0.6) is 0 Å². The highest BCUT2D eigenvalue weighted by Gasteiger charge is 2.22. The van der Waals surface area contributed by atoms with Crippen molar-refractivity contribution in [3.05, 3.63) is 29.8 Å². The summed E-state index contributed by atoms with van der Waals surface area (Å²) in [6.45, 7) is 4.41. The Morgan fingerprint density at radius 2 is 2.00 bits per heavy atom. The largest absolute Gasteiger partial charge is 0.391 e. The summed E-state index contributed by atoms with van der Waals surface area (Å²) in [6, 6.07) is 8.77. The van der Waals surface area contributed by atoms with Crippen LogP contribution in [0.1, 0.15) is 51.0 Å². The molecule has 2 nitrogen and oxygen atoms in total. The van der Waals surface area contributed by atoms with Gasteiger partial charge >= 0.3 is 0 Å². The quantitative estimate of drug-likeness (QED) is 0.837. The molecule has 2 atom stereocenters. The van der Waals surface area contributed by atoms with Gasteiger partial charge < -0.3 is 10.4 Å². The Balaban J connectivity index is 2.04. The van der Waals surface area contributed by atoms with Crippen LogP contribution in [-0.2, 0) is 0 Å². The molecule has 0 heterocycles. The number of benzene rings is 1. The zero-order valence-corrected chi connectivity index (χ0v) is 10.8. The predicted octanol–water partition coefficient (Wildman–Crippen LogP) is 3.53. The topological polar surface area (TPSA) is 32.3 Å². The average molecular weight is 233 g/mol. The second-order valence-corrected chi connectivity index (χ2v) is 5.38. The molecule has 1 fully saturated rings. The lowest BCUT2D eigenvalue weighted by Gasteiger charge is -2.29. The molecule has 1 aromatic rings. The van der Waals surface area contributed by atoms with Gasteiger partial charge in [0.15, 0.2) is 0 Å². The van der Waals surface area contributed by atoms with E-state index in [-0.39, 0.29) is 12.1 Å². The van der Waals surface area contributed by atoms with E-state index in [1.54, 1.807) is 0 Å². The van der Waals surface area contributed by atoms with Crippen LogP contribution in [0.2, 0.25) is 0 Å². The van der Waals surface area contributed by atoms with Gasteiger partial charge in [-0.3, -0.25) is 0 Å². The van der Waals surface area contributed by atoms with Crippen molar-refractivity contribution in [1.82, 2.24) is 0 Å². The summed E-state index contributed by atoms with van der Waals surface area (Å²) in [6.07, 6.45) is 4.20. The summed E-state index contributed by atoms with van der Waals surface area (Å²) in [7, 11) is 0. The fourth-order valence-electron chi connectivity index (χ4n) is 2.48. The van der Waals surface area contributed by atoms with Crippen LogP contribution in [0.4, 0.5) is 5.69 Å². The molecule has 1 aliphatic rings. The zero-order valence-electron chi connectivity index (χ0n) is 10.8. The summed E-state index contributed by atoms with van der Waals surface area (Å²) >= 11 is 0. The molecule has 0 amide bonds. The number of hydrogen-bond acceptors (Lipinski definition) is 2. The third-order valence-electron chi connectivity index (χ3n) is 3.63. The van der Waals surface area contributed by atoms with Gasteiger partial charge in [0.05, 0.1) is 12.1 Å². The molecule has 0 bridgehead atoms. The summed E-state index contributed by atoms with van der Waals surface area (Å²) in [5.41, 5.74) is 2.49. The maximum atomic E-state index is 9.95. The first-order chi connectivity index (χ1) is 8.16. The van der Waals surface area contributed by atoms with E-state index in [4.69, 9.17) is 0 Å². The van der Waals surface area contributed by atoms with Crippen molar-refractivity contribution >= 4 is 5.69 Å². The summed E-state index contributed by atoms with van der Waals surface area (Å²) in [5, 5.41) is 13.4. The molecular weight excluding hydrogens is 210 g/mol. The average Bonchev–Trinajstić information content (AvgIpc) is 2.32. The van der Waals surface area contributed by atoms with Gasteiger partial charge in [-0.05, 0) is 36.5 Å². The first-order valence-corrected chi connectivity index (χ1v) is 6.71. The molecule has 0 saturated heterocycles. The number of rotatable bonds is 3. The zero-order chi connectivity index (χ0) is 12.3. The van der Waals surface area contributed by atoms with E-state index >= 15 is 0 Å². The molecule has 94 valence electrons. The molecule has 2 N–H and O–H groups in total. The van der Waals surface area contributed by atoms with Gasteiger partial charge in [0.2, 0.25) is 0 Å². The summed E-state index contributed by atoms with van der Waals surface area (Å²) < 4.78 is 0. The van der Waals surface area contributed by atoms with Crippen LogP contribution in [0.3, 0.4) is 0 Å². The highest BCUT2D eigenvalue weighted by Crippen LogP contribution is 2.24. The van der Waals surface area contributed by atoms with Gasteiger partial charge in [0.25, 0.3) is 0 Å². The van der Waals surface area contributed by atoms with Gasteiger partial charge in [-0.15, -0.1) is 0 Å². The molecule has 0 spiro atoms. The minimum Gasteiger partial charge on any atom is -0.391 e. The Labute approximate surface area is 104 Å². The second kappa shape index (κ2) is 5.54. The van der Waals surface area contributed by atoms with Crippen LogP contribution in [0.15, 0.2) is 24.3 Å². The lowest BCUT2D eigenvalue weighted by molar-refractivity contribution is 0.116. The maximum Gasteiger partial charge on any atom is 0.0741 e. The molecule has 0 radical (unpaired) electrons. The second-order valence-electron chi connectivity index (χ2n) is 5.38. The van der Waals surface area contributed by atoms with E-state index in [9.17, 15) is 5.11 Å². The van der Waals surface area contributed by atoms with Gasteiger partial charge in [-0.1, -0.05) is 38.8 Å². The van der Waals surface area contributed by atoms with Crippen molar-refractivity contribution in [1.29, 1.82) is 0 Å². The van der Waals surface area contributed by atoms with Crippen LogP contribution < -0.4 is 5.32 Å². The van der Waals surface area contributed by atoms with Gasteiger partial charge in [-0.25, -0.2) is 0 Å². The van der Waals surface area contributed by atoms with Crippen LogP contribution >= 0.6 is 0 Å². The van der Waals surface area contributed by atoms with Crippen molar-refractivity contribution < 1.29 is 5.11 Å². The van der Waals surface area contributed by atoms with Crippen molar-refractivity contribution in [2.24, 2.45) is 0 Å². The molecule has 0 aromatic heterocycles. The Hall–Kier alpha value is -1.02. The van der Waals surface area contributed by atoms with Crippen LogP contribution in [0.25, 0.3) is 0 Å². The summed E-state index contributed by atoms with van der Waals surface area (Å²) in [4.78, 5) is 0. The lowest BCUT2D eigenvalue weighted by Crippen LogP contribution is -2.36. The highest BCUT2D eigenvalue weighted by molar-refractivity contribution is 5.47. The number of aliphatic hydroxyl groups excluding tert-OH is 1. The molecule has 17 heavy (non-hydrogen) atoms. The predicted molar refractivity (Wildman–Crippen MR) is 72.4 cm³/mol. The van der Waals surface area contributed by atoms with E-state index in [0.717, 1.165) is 24.9 Å². The normalized spacial score (nSPS) is 24.9. The first kappa shape index (κ1) is 12.4. The Bertz CT molecular complexity index is 362. The number of anilines is 1. The Kier molecular flexibility index (Phi) is 4.06. The van der Waals surface area contributed by atoms with Crippen molar-refractivity contribution in [2.45, 2.75) is 57.6 Å². The molecule has 1 aromatic carbocycles. The maximum absolute atomic E-state index is 9.95. The van der Waals surface area contributed by atoms with E-state index < -0.39 is 0 Å². The highest BCUT2D eigenvalue weighted by atomic mass is 16.3. The number of aliphatic hydroxyl groups is 1. The van der Waals surface area contributed by atoms with E-state index in [2.05, 4.69) is 43.4 Å². The molecule has 2 rings (SSSR count). The molecule has 0 aliphatic heterocycles. The van der Waals surface area contributed by atoms with Gasteiger partial charge in [-0.2, -0.15) is 0 Å². The van der Waals surface area contributed by atoms with Crippen molar-refractivity contribution in [3.8, 4) is 0 Å². The molecule has 1 aliphatic carbocycles. The third kappa shape index (κ3) is 3.22. The van der Waals surface area contributed by atoms with Crippen molar-refractivity contribution in [3.63, 3.8) is 0 Å². The summed E-state index contributed by atoms with van der Waals surface area (Å²) in [5.74, 6) is 0.549. The van der Waals surface area contributed by atoms with Crippen LogP contribution in [-0.4, -0.2) is 17.3 Å². The molecule has 1 saturated carbocycles. The fourth-order valence-corrected chi connectivity index (χ4v) is 2.48. The SMILES string of the molecule is CC(C)c1cccc(NC2CCCCC2O)c1. The van der Waals surface area contributed by atoms with E-state index in [1.807, 2.05) is 0 Å². The molecule has 2 heteroatoms. The van der Waals surface area contributed by atoms with Gasteiger partial charge in [0.1, 0.15) is 0 Å².